The van der Waals surface area contributed by atoms with E-state index in [1.807, 2.05) is 48.5 Å². The first-order valence-corrected chi connectivity index (χ1v) is 11.4. The molecule has 3 aromatic rings. The van der Waals surface area contributed by atoms with Crippen molar-refractivity contribution < 1.29 is 4.79 Å². The largest absolute Gasteiger partial charge is 0.352 e. The van der Waals surface area contributed by atoms with Crippen LogP contribution in [0.5, 0.6) is 0 Å². The number of halogens is 2. The average molecular weight is 455 g/mol. The number of carbonyl (C=O) groups excluding carboxylic acids is 1. The lowest BCUT2D eigenvalue weighted by molar-refractivity contribution is 0.0953. The number of carbonyl (C=O) groups is 1. The summed E-state index contributed by atoms with van der Waals surface area (Å²) in [6.45, 7) is 2.77. The Bertz CT molecular complexity index is 1120. The van der Waals surface area contributed by atoms with E-state index in [0.29, 0.717) is 22.2 Å². The molecule has 0 bridgehead atoms. The number of benzene rings is 3. The van der Waals surface area contributed by atoms with Gasteiger partial charge in [0.2, 0.25) is 0 Å². The van der Waals surface area contributed by atoms with E-state index in [9.17, 15) is 4.79 Å². The Morgan fingerprint density at radius 2 is 1.77 bits per heavy atom. The van der Waals surface area contributed by atoms with Crippen molar-refractivity contribution in [1.82, 2.24) is 5.32 Å². The zero-order valence-corrected chi connectivity index (χ0v) is 18.7. The minimum atomic E-state index is -0.0828. The molecule has 0 aliphatic carbocycles. The van der Waals surface area contributed by atoms with Crippen LogP contribution in [0.15, 0.2) is 75.4 Å². The van der Waals surface area contributed by atoms with Crippen molar-refractivity contribution in [2.24, 2.45) is 4.99 Å². The zero-order chi connectivity index (χ0) is 21.1. The fourth-order valence-corrected chi connectivity index (χ4v) is 4.80. The van der Waals surface area contributed by atoms with E-state index in [4.69, 9.17) is 28.2 Å². The summed E-state index contributed by atoms with van der Waals surface area (Å²) in [6, 6.07) is 19.2. The lowest BCUT2D eigenvalue weighted by atomic mass is 10.0. The van der Waals surface area contributed by atoms with Crippen LogP contribution >= 0.6 is 35.0 Å². The molecule has 3 nitrogen and oxygen atoms in total. The summed E-state index contributed by atoms with van der Waals surface area (Å²) in [5, 5.41) is 4.08. The number of hydrogen-bond donors (Lipinski definition) is 1. The highest BCUT2D eigenvalue weighted by Crippen LogP contribution is 2.42. The molecule has 1 aliphatic rings. The minimum absolute atomic E-state index is 0.0828. The SMILES string of the molecule is CCCCNC(=O)c1ccc2c(c1)N=C(c1cc(Cl)cc(Cl)c1)c1ccccc1S2. The third kappa shape index (κ3) is 4.56. The Kier molecular flexibility index (Phi) is 6.47. The van der Waals surface area contributed by atoms with E-state index in [1.54, 1.807) is 17.8 Å². The maximum Gasteiger partial charge on any atom is 0.251 e. The van der Waals surface area contributed by atoms with Gasteiger partial charge < -0.3 is 5.32 Å². The van der Waals surface area contributed by atoms with Crippen molar-refractivity contribution >= 4 is 52.3 Å². The topological polar surface area (TPSA) is 41.5 Å². The number of fused-ring (bicyclic) bond motifs is 2. The van der Waals surface area contributed by atoms with E-state index < -0.39 is 0 Å². The van der Waals surface area contributed by atoms with Gasteiger partial charge in [-0.1, -0.05) is 66.5 Å². The molecule has 0 aromatic heterocycles. The van der Waals surface area contributed by atoms with Gasteiger partial charge in [0.15, 0.2) is 0 Å². The normalized spacial score (nSPS) is 12.4. The second-order valence-corrected chi connectivity index (χ2v) is 8.97. The average Bonchev–Trinajstić information content (AvgIpc) is 2.89. The van der Waals surface area contributed by atoms with Crippen molar-refractivity contribution in [3.8, 4) is 0 Å². The van der Waals surface area contributed by atoms with Crippen molar-refractivity contribution in [3.63, 3.8) is 0 Å². The Hall–Kier alpha value is -2.27. The molecule has 30 heavy (non-hydrogen) atoms. The van der Waals surface area contributed by atoms with Gasteiger partial charge in [-0.05, 0) is 48.9 Å². The van der Waals surface area contributed by atoms with Crippen LogP contribution in [-0.4, -0.2) is 18.2 Å². The van der Waals surface area contributed by atoms with Crippen LogP contribution in [0.1, 0.15) is 41.3 Å². The molecule has 0 fully saturated rings. The van der Waals surface area contributed by atoms with Gasteiger partial charge in [-0.15, -0.1) is 0 Å². The van der Waals surface area contributed by atoms with E-state index in [0.717, 1.165) is 45.2 Å². The summed E-state index contributed by atoms with van der Waals surface area (Å²) < 4.78 is 0. The molecule has 0 spiro atoms. The number of nitrogens with one attached hydrogen (secondary N) is 1. The third-order valence-electron chi connectivity index (χ3n) is 4.77. The molecule has 152 valence electrons. The summed E-state index contributed by atoms with van der Waals surface area (Å²) in [6.07, 6.45) is 1.99. The second-order valence-electron chi connectivity index (χ2n) is 7.01. The molecule has 0 saturated heterocycles. The summed E-state index contributed by atoms with van der Waals surface area (Å²) in [4.78, 5) is 19.6. The van der Waals surface area contributed by atoms with Gasteiger partial charge in [0.05, 0.1) is 11.4 Å². The molecule has 1 heterocycles. The first kappa shape index (κ1) is 21.0. The molecule has 0 saturated carbocycles. The summed E-state index contributed by atoms with van der Waals surface area (Å²) in [5.74, 6) is -0.0828. The number of hydrogen-bond acceptors (Lipinski definition) is 3. The molecular weight excluding hydrogens is 435 g/mol. The number of amides is 1. The Morgan fingerprint density at radius 1 is 1.00 bits per heavy atom. The van der Waals surface area contributed by atoms with E-state index in [1.165, 1.54) is 0 Å². The highest BCUT2D eigenvalue weighted by atomic mass is 35.5. The van der Waals surface area contributed by atoms with Crippen LogP contribution in [-0.2, 0) is 0 Å². The van der Waals surface area contributed by atoms with Crippen LogP contribution in [0, 0.1) is 0 Å². The zero-order valence-electron chi connectivity index (χ0n) is 16.4. The number of aliphatic imine (C=N–C) groups is 1. The molecular formula is C24H20Cl2N2OS. The van der Waals surface area contributed by atoms with Gasteiger partial charge in [0, 0.05) is 43.1 Å². The Labute approximate surface area is 190 Å². The third-order valence-corrected chi connectivity index (χ3v) is 6.34. The van der Waals surface area contributed by atoms with Gasteiger partial charge in [-0.3, -0.25) is 4.79 Å². The van der Waals surface area contributed by atoms with Crippen molar-refractivity contribution in [2.45, 2.75) is 29.6 Å². The Morgan fingerprint density at radius 3 is 2.53 bits per heavy atom. The fraction of sp³-hybridized carbons (Fsp3) is 0.167. The standard InChI is InChI=1S/C24H20Cl2N2OS/c1-2-3-10-27-24(29)15-8-9-22-20(13-15)28-23(16-11-17(25)14-18(26)12-16)19-6-4-5-7-21(19)30-22/h4-9,11-14H,2-3,10H2,1H3,(H,27,29). The maximum atomic E-state index is 12.5. The molecule has 1 amide bonds. The lowest BCUT2D eigenvalue weighted by Gasteiger charge is -2.10. The van der Waals surface area contributed by atoms with E-state index >= 15 is 0 Å². The summed E-state index contributed by atoms with van der Waals surface area (Å²) in [5.41, 5.74) is 3.98. The smallest absolute Gasteiger partial charge is 0.251 e. The molecule has 1 aliphatic heterocycles. The summed E-state index contributed by atoms with van der Waals surface area (Å²) in [7, 11) is 0. The van der Waals surface area contributed by atoms with E-state index in [-0.39, 0.29) is 5.91 Å². The van der Waals surface area contributed by atoms with Crippen molar-refractivity contribution in [3.05, 3.63) is 87.4 Å². The lowest BCUT2D eigenvalue weighted by Crippen LogP contribution is -2.24. The monoisotopic (exact) mass is 454 g/mol. The van der Waals surface area contributed by atoms with Gasteiger partial charge in [-0.2, -0.15) is 0 Å². The highest BCUT2D eigenvalue weighted by molar-refractivity contribution is 7.99. The molecule has 3 aromatic carbocycles. The number of rotatable bonds is 5. The predicted octanol–water partition coefficient (Wildman–Crippen LogP) is 7.16. The highest BCUT2D eigenvalue weighted by Gasteiger charge is 2.20. The van der Waals surface area contributed by atoms with Crippen LogP contribution in [0.3, 0.4) is 0 Å². The van der Waals surface area contributed by atoms with Gasteiger partial charge >= 0.3 is 0 Å². The van der Waals surface area contributed by atoms with Crippen molar-refractivity contribution in [1.29, 1.82) is 0 Å². The quantitative estimate of drug-likeness (QED) is 0.325. The molecule has 6 heteroatoms. The van der Waals surface area contributed by atoms with Crippen molar-refractivity contribution in [2.75, 3.05) is 6.54 Å². The first-order chi connectivity index (χ1) is 14.5. The van der Waals surface area contributed by atoms with Gasteiger partial charge in [0.1, 0.15) is 0 Å². The first-order valence-electron chi connectivity index (χ1n) is 9.80. The van der Waals surface area contributed by atoms with E-state index in [2.05, 4.69) is 18.3 Å². The summed E-state index contributed by atoms with van der Waals surface area (Å²) >= 11 is 14.2. The molecule has 0 unspecified atom stereocenters. The van der Waals surface area contributed by atoms with Crippen LogP contribution in [0.25, 0.3) is 0 Å². The fourth-order valence-electron chi connectivity index (χ4n) is 3.27. The maximum absolute atomic E-state index is 12.5. The van der Waals surface area contributed by atoms with Crippen LogP contribution in [0.2, 0.25) is 10.0 Å². The van der Waals surface area contributed by atoms with Crippen LogP contribution in [0.4, 0.5) is 5.69 Å². The molecule has 4 rings (SSSR count). The second kappa shape index (κ2) is 9.25. The number of nitrogens with zero attached hydrogens (tertiary/aromatic N) is 1. The number of unbranched alkanes of at least 4 members (excludes halogenated alkanes) is 1. The minimum Gasteiger partial charge on any atom is -0.352 e. The van der Waals surface area contributed by atoms with Gasteiger partial charge in [-0.25, -0.2) is 4.99 Å². The molecule has 0 atom stereocenters. The van der Waals surface area contributed by atoms with Crippen LogP contribution < -0.4 is 5.32 Å². The molecule has 0 radical (unpaired) electrons. The van der Waals surface area contributed by atoms with Gasteiger partial charge in [0.25, 0.3) is 5.91 Å². The predicted molar refractivity (Wildman–Crippen MR) is 126 cm³/mol. The molecule has 1 N–H and O–H groups in total. The Balaban J connectivity index is 1.81.